The first kappa shape index (κ1) is 15.7. The van der Waals surface area contributed by atoms with Gasteiger partial charge < -0.3 is 27.2 Å². The zero-order valence-corrected chi connectivity index (χ0v) is 10.0. The molecule has 9 heteroatoms. The number of rotatable bonds is 6. The van der Waals surface area contributed by atoms with Crippen molar-refractivity contribution in [1.82, 2.24) is 10.6 Å². The molecule has 18 heavy (non-hydrogen) atoms. The minimum absolute atomic E-state index is 0.556. The van der Waals surface area contributed by atoms with Crippen molar-refractivity contribution in [1.29, 1.82) is 0 Å². The molecule has 4 amide bonds. The second-order valence-corrected chi connectivity index (χ2v) is 4.15. The third-order valence-electron chi connectivity index (χ3n) is 2.05. The summed E-state index contributed by atoms with van der Waals surface area (Å²) in [5.74, 6) is -3.09. The number of hydrogen-bond donors (Lipinski definition) is 5. The molecule has 0 aromatic rings. The Kier molecular flexibility index (Phi) is 5.09. The second kappa shape index (κ2) is 5.84. The molecule has 102 valence electrons. The number of carboxylic acids is 1. The summed E-state index contributed by atoms with van der Waals surface area (Å²) in [7, 11) is 0. The van der Waals surface area contributed by atoms with E-state index in [1.807, 2.05) is 5.32 Å². The van der Waals surface area contributed by atoms with Gasteiger partial charge in [-0.15, -0.1) is 0 Å². The van der Waals surface area contributed by atoms with Crippen LogP contribution in [0.25, 0.3) is 0 Å². The predicted octanol–water partition coefficient (Wildman–Crippen LogP) is -2.12. The Balaban J connectivity index is 4.57. The van der Waals surface area contributed by atoms with E-state index in [1.165, 1.54) is 13.8 Å². The van der Waals surface area contributed by atoms with Crippen LogP contribution in [0.5, 0.6) is 0 Å². The molecule has 0 bridgehead atoms. The van der Waals surface area contributed by atoms with Crippen LogP contribution < -0.4 is 22.1 Å². The minimum atomic E-state index is -1.47. The van der Waals surface area contributed by atoms with E-state index >= 15 is 0 Å². The van der Waals surface area contributed by atoms with Crippen LogP contribution in [-0.2, 0) is 14.4 Å². The number of aliphatic carboxylic acids is 1. The zero-order valence-electron chi connectivity index (χ0n) is 10.0. The van der Waals surface area contributed by atoms with E-state index in [1.54, 1.807) is 0 Å². The normalized spacial score (nSPS) is 12.3. The Morgan fingerprint density at radius 2 is 1.72 bits per heavy atom. The molecular weight excluding hydrogens is 244 g/mol. The van der Waals surface area contributed by atoms with Crippen LogP contribution in [-0.4, -0.2) is 40.5 Å². The van der Waals surface area contributed by atoms with Gasteiger partial charge in [0.1, 0.15) is 11.6 Å². The summed E-state index contributed by atoms with van der Waals surface area (Å²) in [6.07, 6.45) is -0.556. The number of carboxylic acid groups (broad SMARTS) is 1. The van der Waals surface area contributed by atoms with Crippen molar-refractivity contribution in [2.45, 2.75) is 31.8 Å². The first-order valence-corrected chi connectivity index (χ1v) is 4.96. The quantitative estimate of drug-likeness (QED) is 0.367. The molecule has 0 aliphatic heterocycles. The maximum atomic E-state index is 11.4. The molecule has 0 saturated carbocycles. The van der Waals surface area contributed by atoms with Gasteiger partial charge in [0.2, 0.25) is 11.8 Å². The first-order valence-electron chi connectivity index (χ1n) is 4.96. The van der Waals surface area contributed by atoms with E-state index < -0.39 is 41.8 Å². The third-order valence-corrected chi connectivity index (χ3v) is 2.05. The Morgan fingerprint density at radius 1 is 1.22 bits per heavy atom. The van der Waals surface area contributed by atoms with Gasteiger partial charge in [0.05, 0.1) is 6.42 Å². The average Bonchev–Trinajstić information content (AvgIpc) is 2.14. The molecule has 0 aliphatic rings. The summed E-state index contributed by atoms with van der Waals surface area (Å²) in [5.41, 5.74) is 8.50. The number of hydrogen-bond acceptors (Lipinski definition) is 4. The molecular formula is C9H16N4O5. The Labute approximate surface area is 103 Å². The van der Waals surface area contributed by atoms with E-state index in [0.717, 1.165) is 0 Å². The van der Waals surface area contributed by atoms with Gasteiger partial charge >= 0.3 is 12.0 Å². The molecule has 7 N–H and O–H groups in total. The van der Waals surface area contributed by atoms with Crippen molar-refractivity contribution in [3.63, 3.8) is 0 Å². The SMILES string of the molecule is CC(C)(NC(=O)N[C@@H](CC(N)=O)C(=O)O)C(N)=O. The Morgan fingerprint density at radius 3 is 2.06 bits per heavy atom. The van der Waals surface area contributed by atoms with E-state index in [2.05, 4.69) is 5.32 Å². The van der Waals surface area contributed by atoms with Crippen LogP contribution in [0, 0.1) is 0 Å². The summed E-state index contributed by atoms with van der Waals surface area (Å²) in [6, 6.07) is -2.40. The van der Waals surface area contributed by atoms with Crippen LogP contribution in [0.4, 0.5) is 4.79 Å². The van der Waals surface area contributed by atoms with Crippen molar-refractivity contribution in [2.75, 3.05) is 0 Å². The van der Waals surface area contributed by atoms with Gasteiger partial charge in [0.15, 0.2) is 0 Å². The van der Waals surface area contributed by atoms with Crippen LogP contribution in [0.2, 0.25) is 0 Å². The van der Waals surface area contributed by atoms with Crippen molar-refractivity contribution < 1.29 is 24.3 Å². The number of nitrogens with two attached hydrogens (primary N) is 2. The highest BCUT2D eigenvalue weighted by atomic mass is 16.4. The van der Waals surface area contributed by atoms with Crippen molar-refractivity contribution in [3.05, 3.63) is 0 Å². The van der Waals surface area contributed by atoms with Crippen molar-refractivity contribution in [3.8, 4) is 0 Å². The molecule has 1 atom stereocenters. The van der Waals surface area contributed by atoms with Crippen LogP contribution in [0.3, 0.4) is 0 Å². The van der Waals surface area contributed by atoms with Crippen molar-refractivity contribution in [2.24, 2.45) is 11.5 Å². The largest absolute Gasteiger partial charge is 0.480 e. The number of carbonyl (C=O) groups excluding carboxylic acids is 3. The third kappa shape index (κ3) is 5.14. The fourth-order valence-corrected chi connectivity index (χ4v) is 0.941. The molecule has 0 heterocycles. The van der Waals surface area contributed by atoms with Gasteiger partial charge in [-0.3, -0.25) is 9.59 Å². The summed E-state index contributed by atoms with van der Waals surface area (Å²) in [6.45, 7) is 2.69. The summed E-state index contributed by atoms with van der Waals surface area (Å²) >= 11 is 0. The first-order chi connectivity index (χ1) is 8.06. The van der Waals surface area contributed by atoms with Crippen LogP contribution >= 0.6 is 0 Å². The highest BCUT2D eigenvalue weighted by Crippen LogP contribution is 2.00. The van der Waals surface area contributed by atoms with Gasteiger partial charge in [-0.05, 0) is 13.8 Å². The van der Waals surface area contributed by atoms with Gasteiger partial charge in [-0.2, -0.15) is 0 Å². The lowest BCUT2D eigenvalue weighted by Gasteiger charge is -2.23. The average molecular weight is 260 g/mol. The number of primary amides is 2. The van der Waals surface area contributed by atoms with Crippen LogP contribution in [0.1, 0.15) is 20.3 Å². The lowest BCUT2D eigenvalue weighted by atomic mass is 10.1. The maximum absolute atomic E-state index is 11.4. The van der Waals surface area contributed by atoms with Crippen LogP contribution in [0.15, 0.2) is 0 Å². The molecule has 0 spiro atoms. The molecule has 0 aromatic heterocycles. The Hall–Kier alpha value is -2.32. The lowest BCUT2D eigenvalue weighted by Crippen LogP contribution is -2.58. The van der Waals surface area contributed by atoms with E-state index in [-0.39, 0.29) is 0 Å². The fourth-order valence-electron chi connectivity index (χ4n) is 0.941. The van der Waals surface area contributed by atoms with Gasteiger partial charge in [-0.1, -0.05) is 0 Å². The second-order valence-electron chi connectivity index (χ2n) is 4.15. The summed E-state index contributed by atoms with van der Waals surface area (Å²) in [4.78, 5) is 43.7. The van der Waals surface area contributed by atoms with Gasteiger partial charge in [-0.25, -0.2) is 9.59 Å². The monoisotopic (exact) mass is 260 g/mol. The molecule has 0 rings (SSSR count). The summed E-state index contributed by atoms with van der Waals surface area (Å²) < 4.78 is 0. The number of carbonyl (C=O) groups is 4. The fraction of sp³-hybridized carbons (Fsp3) is 0.556. The number of amides is 4. The Bertz CT molecular complexity index is 379. The lowest BCUT2D eigenvalue weighted by molar-refractivity contribution is -0.140. The molecule has 0 aliphatic carbocycles. The molecule has 0 aromatic carbocycles. The molecule has 0 fully saturated rings. The van der Waals surface area contributed by atoms with Gasteiger partial charge in [0, 0.05) is 0 Å². The van der Waals surface area contributed by atoms with E-state index in [4.69, 9.17) is 16.6 Å². The highest BCUT2D eigenvalue weighted by Gasteiger charge is 2.29. The van der Waals surface area contributed by atoms with Crippen molar-refractivity contribution >= 4 is 23.8 Å². The highest BCUT2D eigenvalue weighted by molar-refractivity contribution is 5.91. The molecule has 9 nitrogen and oxygen atoms in total. The smallest absolute Gasteiger partial charge is 0.326 e. The van der Waals surface area contributed by atoms with Gasteiger partial charge in [0.25, 0.3) is 0 Å². The predicted molar refractivity (Wildman–Crippen MR) is 60.2 cm³/mol. The zero-order chi connectivity index (χ0) is 14.5. The number of urea groups is 1. The minimum Gasteiger partial charge on any atom is -0.480 e. The van der Waals surface area contributed by atoms with E-state index in [0.29, 0.717) is 0 Å². The standard InChI is InChI=1S/C9H16N4O5/c1-9(2,7(11)17)13-8(18)12-4(6(15)16)3-5(10)14/h4H,3H2,1-2H3,(H2,10,14)(H2,11,17)(H,15,16)(H2,12,13,18)/t4-/m0/s1. The number of nitrogens with one attached hydrogen (secondary N) is 2. The molecule has 0 radical (unpaired) electrons. The topological polar surface area (TPSA) is 165 Å². The van der Waals surface area contributed by atoms with E-state index in [9.17, 15) is 19.2 Å². The maximum Gasteiger partial charge on any atom is 0.326 e. The summed E-state index contributed by atoms with van der Waals surface area (Å²) in [5, 5.41) is 12.9. The molecule has 0 unspecified atom stereocenters. The molecule has 0 saturated heterocycles.